The van der Waals surface area contributed by atoms with Gasteiger partial charge in [-0.1, -0.05) is 37.8 Å². The molecule has 0 radical (unpaired) electrons. The zero-order chi connectivity index (χ0) is 22.5. The van der Waals surface area contributed by atoms with E-state index in [1.54, 1.807) is 23.5 Å². The van der Waals surface area contributed by atoms with E-state index in [0.29, 0.717) is 13.1 Å². The van der Waals surface area contributed by atoms with Crippen molar-refractivity contribution in [2.75, 3.05) is 6.54 Å². The highest BCUT2D eigenvalue weighted by Crippen LogP contribution is 2.32. The van der Waals surface area contributed by atoms with Gasteiger partial charge in [0.15, 0.2) is 0 Å². The summed E-state index contributed by atoms with van der Waals surface area (Å²) >= 11 is 1.64. The molecule has 0 unspecified atom stereocenters. The molecule has 2 saturated carbocycles. The van der Waals surface area contributed by atoms with Gasteiger partial charge in [0.25, 0.3) is 0 Å². The minimum atomic E-state index is -0.282. The third-order valence-corrected chi connectivity index (χ3v) is 8.01. The predicted molar refractivity (Wildman–Crippen MR) is 126 cm³/mol. The Hall–Kier alpha value is -2.21. The van der Waals surface area contributed by atoms with Gasteiger partial charge in [-0.3, -0.25) is 9.59 Å². The lowest BCUT2D eigenvalue weighted by molar-refractivity contribution is -0.148. The summed E-state index contributed by atoms with van der Waals surface area (Å²) in [6.45, 7) is 3.12. The van der Waals surface area contributed by atoms with Crippen LogP contribution >= 0.6 is 11.3 Å². The minimum Gasteiger partial charge on any atom is -0.332 e. The van der Waals surface area contributed by atoms with E-state index in [2.05, 4.69) is 13.0 Å². The van der Waals surface area contributed by atoms with E-state index >= 15 is 0 Å². The first-order chi connectivity index (χ1) is 15.5. The quantitative estimate of drug-likeness (QED) is 0.512. The van der Waals surface area contributed by atoms with Crippen LogP contribution in [0.1, 0.15) is 67.4 Å². The first-order valence-corrected chi connectivity index (χ1v) is 12.7. The van der Waals surface area contributed by atoms with Crippen LogP contribution in [-0.2, 0) is 22.7 Å². The minimum absolute atomic E-state index is 0.0274. The molecule has 2 aliphatic rings. The number of hydrogen-bond acceptors (Lipinski definition) is 3. The average Bonchev–Trinajstić information content (AvgIpc) is 3.16. The maximum atomic E-state index is 13.6. The number of thiophene rings is 1. The zero-order valence-electron chi connectivity index (χ0n) is 18.9. The maximum absolute atomic E-state index is 13.6. The maximum Gasteiger partial charge on any atom is 0.242 e. The van der Waals surface area contributed by atoms with Crippen LogP contribution in [0.3, 0.4) is 0 Å². The van der Waals surface area contributed by atoms with E-state index in [4.69, 9.17) is 0 Å². The van der Waals surface area contributed by atoms with Gasteiger partial charge >= 0.3 is 0 Å². The molecule has 6 heteroatoms. The number of benzene rings is 1. The van der Waals surface area contributed by atoms with E-state index in [9.17, 15) is 14.0 Å². The van der Waals surface area contributed by atoms with Crippen LogP contribution < -0.4 is 0 Å². The fourth-order valence-electron chi connectivity index (χ4n) is 4.70. The Labute approximate surface area is 194 Å². The van der Waals surface area contributed by atoms with Gasteiger partial charge in [-0.25, -0.2) is 4.39 Å². The molecule has 2 aliphatic carbocycles. The van der Waals surface area contributed by atoms with Crippen molar-refractivity contribution in [2.45, 2.75) is 77.4 Å². The lowest BCUT2D eigenvalue weighted by atomic mass is 9.83. The van der Waals surface area contributed by atoms with Gasteiger partial charge in [0.05, 0.1) is 6.54 Å². The number of carbonyl (C=O) groups excluding carboxylic acids is 2. The lowest BCUT2D eigenvalue weighted by Gasteiger charge is -2.39. The van der Waals surface area contributed by atoms with Gasteiger partial charge in [-0.05, 0) is 67.3 Å². The van der Waals surface area contributed by atoms with Gasteiger partial charge in [-0.2, -0.15) is 0 Å². The number of rotatable bonds is 8. The molecule has 0 aliphatic heterocycles. The van der Waals surface area contributed by atoms with Crippen molar-refractivity contribution in [2.24, 2.45) is 5.92 Å². The van der Waals surface area contributed by atoms with Crippen LogP contribution in [0.15, 0.2) is 35.7 Å². The number of halogens is 1. The Balaban J connectivity index is 1.53. The second kappa shape index (κ2) is 10.6. The van der Waals surface area contributed by atoms with Crippen molar-refractivity contribution in [3.8, 4) is 0 Å². The summed E-state index contributed by atoms with van der Waals surface area (Å²) in [5.41, 5.74) is 2.06. The molecule has 2 amide bonds. The molecule has 1 heterocycles. The zero-order valence-corrected chi connectivity index (χ0v) is 19.7. The molecule has 0 spiro atoms. The molecule has 4 rings (SSSR count). The number of hydrogen-bond donors (Lipinski definition) is 0. The fourth-order valence-corrected chi connectivity index (χ4v) is 5.62. The molecule has 4 nitrogen and oxygen atoms in total. The van der Waals surface area contributed by atoms with E-state index in [-0.39, 0.29) is 36.1 Å². The summed E-state index contributed by atoms with van der Waals surface area (Å²) in [5.74, 6) is -0.0454. The van der Waals surface area contributed by atoms with Crippen LogP contribution in [0.5, 0.6) is 0 Å². The molecule has 172 valence electrons. The molecule has 1 aromatic carbocycles. The number of carbonyl (C=O) groups is 2. The molecule has 0 saturated heterocycles. The van der Waals surface area contributed by atoms with Crippen molar-refractivity contribution in [3.05, 3.63) is 57.5 Å². The smallest absolute Gasteiger partial charge is 0.242 e. The first-order valence-electron chi connectivity index (χ1n) is 11.9. The molecule has 32 heavy (non-hydrogen) atoms. The highest BCUT2D eigenvalue weighted by Gasteiger charge is 2.35. The topological polar surface area (TPSA) is 40.6 Å². The van der Waals surface area contributed by atoms with Crippen LogP contribution in [0.2, 0.25) is 0 Å². The largest absolute Gasteiger partial charge is 0.332 e. The number of amides is 2. The number of aryl methyl sites for hydroxylation is 1. The monoisotopic (exact) mass is 456 g/mol. The van der Waals surface area contributed by atoms with Crippen LogP contribution in [-0.4, -0.2) is 34.2 Å². The Kier molecular flexibility index (Phi) is 7.61. The fraction of sp³-hybridized carbons (Fsp3) is 0.538. The Morgan fingerprint density at radius 3 is 2.28 bits per heavy atom. The van der Waals surface area contributed by atoms with Crippen LogP contribution in [0.25, 0.3) is 0 Å². The van der Waals surface area contributed by atoms with Gasteiger partial charge in [-0.15, -0.1) is 11.3 Å². The molecule has 1 aromatic heterocycles. The molecule has 0 bridgehead atoms. The summed E-state index contributed by atoms with van der Waals surface area (Å²) in [5, 5.41) is 2.04. The molecule has 2 fully saturated rings. The summed E-state index contributed by atoms with van der Waals surface area (Å²) in [4.78, 5) is 31.8. The Morgan fingerprint density at radius 2 is 1.69 bits per heavy atom. The summed E-state index contributed by atoms with van der Waals surface area (Å²) in [6.07, 6.45) is 8.46. The number of nitrogens with zero attached hydrogens (tertiary/aromatic N) is 2. The molecule has 0 atom stereocenters. The standard InChI is InChI=1S/C26H33FN2O2S/c1-19-14-15-32-24(19)17-28(16-20-10-12-22(27)13-11-20)25(30)18-29(23-8-3-2-4-9-23)26(31)21-6-5-7-21/h10-15,21,23H,2-9,16-18H2,1H3. The molecular formula is C26H33FN2O2S. The lowest BCUT2D eigenvalue weighted by Crippen LogP contribution is -2.50. The van der Waals surface area contributed by atoms with Gasteiger partial charge < -0.3 is 9.80 Å². The molecule has 2 aromatic rings. The van der Waals surface area contributed by atoms with Gasteiger partial charge in [0.1, 0.15) is 12.4 Å². The Bertz CT molecular complexity index is 916. The van der Waals surface area contributed by atoms with Crippen molar-refractivity contribution in [1.29, 1.82) is 0 Å². The second-order valence-electron chi connectivity index (χ2n) is 9.29. The van der Waals surface area contributed by atoms with Crippen LogP contribution in [0.4, 0.5) is 4.39 Å². The second-order valence-corrected chi connectivity index (χ2v) is 10.3. The Morgan fingerprint density at radius 1 is 0.969 bits per heavy atom. The van der Waals surface area contributed by atoms with Crippen molar-refractivity contribution < 1.29 is 14.0 Å². The summed E-state index contributed by atoms with van der Waals surface area (Å²) in [7, 11) is 0. The van der Waals surface area contributed by atoms with E-state index in [1.807, 2.05) is 15.2 Å². The highest BCUT2D eigenvalue weighted by atomic mass is 32.1. The molecule has 0 N–H and O–H groups in total. The van der Waals surface area contributed by atoms with E-state index < -0.39 is 0 Å². The SMILES string of the molecule is Cc1ccsc1CN(Cc1ccc(F)cc1)C(=O)CN(C(=O)C1CCC1)C1CCCCC1. The van der Waals surface area contributed by atoms with E-state index in [1.165, 1.54) is 24.1 Å². The third kappa shape index (κ3) is 5.58. The van der Waals surface area contributed by atoms with Gasteiger partial charge in [0, 0.05) is 23.4 Å². The normalized spacial score (nSPS) is 17.1. The average molecular weight is 457 g/mol. The third-order valence-electron chi connectivity index (χ3n) is 7.00. The summed E-state index contributed by atoms with van der Waals surface area (Å²) < 4.78 is 13.4. The molecular weight excluding hydrogens is 423 g/mol. The van der Waals surface area contributed by atoms with Crippen molar-refractivity contribution in [3.63, 3.8) is 0 Å². The van der Waals surface area contributed by atoms with Crippen LogP contribution in [0, 0.1) is 18.7 Å². The predicted octanol–water partition coefficient (Wildman–Crippen LogP) is 5.69. The van der Waals surface area contributed by atoms with Gasteiger partial charge in [0.2, 0.25) is 11.8 Å². The van der Waals surface area contributed by atoms with Crippen molar-refractivity contribution in [1.82, 2.24) is 9.80 Å². The van der Waals surface area contributed by atoms with Crippen molar-refractivity contribution >= 4 is 23.2 Å². The summed E-state index contributed by atoms with van der Waals surface area (Å²) in [6, 6.07) is 8.57. The first kappa shape index (κ1) is 23.0. The van der Waals surface area contributed by atoms with E-state index in [0.717, 1.165) is 55.4 Å². The highest BCUT2D eigenvalue weighted by molar-refractivity contribution is 7.10.